The zero-order valence-corrected chi connectivity index (χ0v) is 12.7. The van der Waals surface area contributed by atoms with Crippen molar-refractivity contribution in [2.45, 2.75) is 13.3 Å². The van der Waals surface area contributed by atoms with Crippen LogP contribution in [0.25, 0.3) is 0 Å². The van der Waals surface area contributed by atoms with Crippen LogP contribution < -0.4 is 5.32 Å². The van der Waals surface area contributed by atoms with Crippen LogP contribution in [0.1, 0.15) is 13.3 Å². The van der Waals surface area contributed by atoms with E-state index in [0.29, 0.717) is 0 Å². The Morgan fingerprint density at radius 2 is 2.13 bits per heavy atom. The SMILES string of the molecule is CCSCCCNc1ccc(Br)cc1Br. The number of hydrogen-bond donors (Lipinski definition) is 1. The smallest absolute Gasteiger partial charge is 0.0485 e. The molecule has 0 bridgehead atoms. The number of halogens is 2. The van der Waals surface area contributed by atoms with Gasteiger partial charge in [0.2, 0.25) is 0 Å². The average molecular weight is 353 g/mol. The number of hydrogen-bond acceptors (Lipinski definition) is 2. The van der Waals surface area contributed by atoms with Gasteiger partial charge < -0.3 is 5.32 Å². The van der Waals surface area contributed by atoms with E-state index in [-0.39, 0.29) is 0 Å². The van der Waals surface area contributed by atoms with E-state index in [1.54, 1.807) is 0 Å². The lowest BCUT2D eigenvalue weighted by atomic mass is 10.3. The van der Waals surface area contributed by atoms with E-state index in [0.717, 1.165) is 15.5 Å². The quantitative estimate of drug-likeness (QED) is 0.740. The minimum atomic E-state index is 1.03. The van der Waals surface area contributed by atoms with E-state index >= 15 is 0 Å². The molecule has 1 N–H and O–H groups in total. The second-order valence-corrected chi connectivity index (χ2v) is 6.27. The lowest BCUT2D eigenvalue weighted by Gasteiger charge is -2.08. The van der Waals surface area contributed by atoms with Gasteiger partial charge in [0, 0.05) is 21.2 Å². The summed E-state index contributed by atoms with van der Waals surface area (Å²) in [5.41, 5.74) is 1.17. The average Bonchev–Trinajstić information content (AvgIpc) is 2.20. The Bertz CT molecular complexity index is 305. The summed E-state index contributed by atoms with van der Waals surface area (Å²) < 4.78 is 2.21. The van der Waals surface area contributed by atoms with E-state index in [1.807, 2.05) is 17.8 Å². The van der Waals surface area contributed by atoms with Crippen molar-refractivity contribution in [3.63, 3.8) is 0 Å². The lowest BCUT2D eigenvalue weighted by molar-refractivity contribution is 0.990. The maximum absolute atomic E-state index is 3.53. The summed E-state index contributed by atoms with van der Waals surface area (Å²) in [4.78, 5) is 0. The van der Waals surface area contributed by atoms with Gasteiger partial charge in [-0.1, -0.05) is 22.9 Å². The van der Waals surface area contributed by atoms with E-state index in [2.05, 4.69) is 56.2 Å². The fourth-order valence-electron chi connectivity index (χ4n) is 1.17. The van der Waals surface area contributed by atoms with Crippen molar-refractivity contribution in [1.82, 2.24) is 0 Å². The van der Waals surface area contributed by atoms with E-state index in [9.17, 15) is 0 Å². The molecule has 0 amide bonds. The molecule has 0 radical (unpaired) electrons. The van der Waals surface area contributed by atoms with Crippen molar-refractivity contribution in [1.29, 1.82) is 0 Å². The van der Waals surface area contributed by atoms with Gasteiger partial charge in [-0.15, -0.1) is 0 Å². The van der Waals surface area contributed by atoms with Crippen molar-refractivity contribution in [3.8, 4) is 0 Å². The molecule has 1 aromatic rings. The van der Waals surface area contributed by atoms with Gasteiger partial charge in [0.15, 0.2) is 0 Å². The van der Waals surface area contributed by atoms with Crippen LogP contribution in [0.2, 0.25) is 0 Å². The van der Waals surface area contributed by atoms with Crippen LogP contribution in [-0.4, -0.2) is 18.1 Å². The van der Waals surface area contributed by atoms with Crippen molar-refractivity contribution < 1.29 is 0 Å². The van der Waals surface area contributed by atoms with Crippen LogP contribution in [0.4, 0.5) is 5.69 Å². The first-order valence-corrected chi connectivity index (χ1v) is 7.74. The molecule has 0 fully saturated rings. The molecule has 0 aliphatic heterocycles. The van der Waals surface area contributed by atoms with Gasteiger partial charge in [-0.2, -0.15) is 11.8 Å². The van der Waals surface area contributed by atoms with Crippen LogP contribution in [0.15, 0.2) is 27.1 Å². The third-order valence-corrected chi connectivity index (χ3v) is 4.05. The summed E-state index contributed by atoms with van der Waals surface area (Å²) in [7, 11) is 0. The van der Waals surface area contributed by atoms with E-state index in [1.165, 1.54) is 23.6 Å². The molecular formula is C11H15Br2NS. The third kappa shape index (κ3) is 5.27. The molecule has 0 aliphatic carbocycles. The number of anilines is 1. The largest absolute Gasteiger partial charge is 0.384 e. The number of thioether (sulfide) groups is 1. The van der Waals surface area contributed by atoms with E-state index < -0.39 is 0 Å². The molecular weight excluding hydrogens is 338 g/mol. The summed E-state index contributed by atoms with van der Waals surface area (Å²) in [5, 5.41) is 3.42. The normalized spacial score (nSPS) is 10.3. The van der Waals surface area contributed by atoms with Crippen LogP contribution >= 0.6 is 43.6 Å². The molecule has 4 heteroatoms. The minimum Gasteiger partial charge on any atom is -0.384 e. The van der Waals surface area contributed by atoms with Crippen molar-refractivity contribution in [3.05, 3.63) is 27.1 Å². The minimum absolute atomic E-state index is 1.03. The second kappa shape index (κ2) is 7.58. The van der Waals surface area contributed by atoms with Gasteiger partial charge in [0.1, 0.15) is 0 Å². The molecule has 0 saturated heterocycles. The number of benzene rings is 1. The third-order valence-electron chi connectivity index (χ3n) is 1.92. The molecule has 1 aromatic carbocycles. The fraction of sp³-hybridized carbons (Fsp3) is 0.455. The summed E-state index contributed by atoms with van der Waals surface area (Å²) in [6.45, 7) is 3.23. The molecule has 0 aromatic heterocycles. The lowest BCUT2D eigenvalue weighted by Crippen LogP contribution is -2.03. The summed E-state index contributed by atoms with van der Waals surface area (Å²) in [5.74, 6) is 2.44. The predicted molar refractivity (Wildman–Crippen MR) is 77.9 cm³/mol. The highest BCUT2D eigenvalue weighted by molar-refractivity contribution is 9.11. The molecule has 0 spiro atoms. The highest BCUT2D eigenvalue weighted by Gasteiger charge is 1.98. The summed E-state index contributed by atoms with van der Waals surface area (Å²) in [6, 6.07) is 6.19. The van der Waals surface area contributed by atoms with Gasteiger partial charge in [-0.3, -0.25) is 0 Å². The molecule has 0 atom stereocenters. The molecule has 0 saturated carbocycles. The second-order valence-electron chi connectivity index (χ2n) is 3.10. The van der Waals surface area contributed by atoms with Crippen LogP contribution in [0.3, 0.4) is 0 Å². The number of nitrogens with one attached hydrogen (secondary N) is 1. The van der Waals surface area contributed by atoms with Gasteiger partial charge in [0.05, 0.1) is 0 Å². The van der Waals surface area contributed by atoms with Crippen molar-refractivity contribution in [2.75, 3.05) is 23.4 Å². The van der Waals surface area contributed by atoms with Crippen molar-refractivity contribution in [2.24, 2.45) is 0 Å². The number of rotatable bonds is 6. The van der Waals surface area contributed by atoms with Gasteiger partial charge >= 0.3 is 0 Å². The van der Waals surface area contributed by atoms with Crippen LogP contribution in [0, 0.1) is 0 Å². The monoisotopic (exact) mass is 351 g/mol. The molecule has 1 rings (SSSR count). The Balaban J connectivity index is 2.31. The molecule has 0 heterocycles. The van der Waals surface area contributed by atoms with E-state index in [4.69, 9.17) is 0 Å². The first kappa shape index (κ1) is 13.4. The zero-order chi connectivity index (χ0) is 11.1. The van der Waals surface area contributed by atoms with Crippen LogP contribution in [-0.2, 0) is 0 Å². The molecule has 15 heavy (non-hydrogen) atoms. The maximum Gasteiger partial charge on any atom is 0.0485 e. The predicted octanol–water partition coefficient (Wildman–Crippen LogP) is 4.77. The Labute approximate surface area is 113 Å². The summed E-state index contributed by atoms with van der Waals surface area (Å²) in [6.07, 6.45) is 1.21. The molecule has 0 unspecified atom stereocenters. The Morgan fingerprint density at radius 1 is 1.33 bits per heavy atom. The standard InChI is InChI=1S/C11H15Br2NS/c1-2-15-7-3-6-14-11-5-4-9(12)8-10(11)13/h4-5,8,14H,2-3,6-7H2,1H3. The highest BCUT2D eigenvalue weighted by Crippen LogP contribution is 2.26. The van der Waals surface area contributed by atoms with Crippen LogP contribution in [0.5, 0.6) is 0 Å². The van der Waals surface area contributed by atoms with Gasteiger partial charge in [-0.05, 0) is 52.1 Å². The summed E-state index contributed by atoms with van der Waals surface area (Å²) >= 11 is 8.96. The Kier molecular flexibility index (Phi) is 6.77. The maximum atomic E-state index is 3.53. The van der Waals surface area contributed by atoms with Gasteiger partial charge in [0.25, 0.3) is 0 Å². The zero-order valence-electron chi connectivity index (χ0n) is 8.72. The van der Waals surface area contributed by atoms with Crippen molar-refractivity contribution >= 4 is 49.3 Å². The Morgan fingerprint density at radius 3 is 2.80 bits per heavy atom. The molecule has 1 nitrogen and oxygen atoms in total. The topological polar surface area (TPSA) is 12.0 Å². The van der Waals surface area contributed by atoms with Gasteiger partial charge in [-0.25, -0.2) is 0 Å². The fourth-order valence-corrected chi connectivity index (χ4v) is 3.00. The Hall–Kier alpha value is 0.330. The first-order valence-electron chi connectivity index (χ1n) is 5.00. The highest BCUT2D eigenvalue weighted by atomic mass is 79.9. The molecule has 0 aliphatic rings. The first-order chi connectivity index (χ1) is 7.24. The molecule has 84 valence electrons.